The lowest BCUT2D eigenvalue weighted by Crippen LogP contribution is -2.09. The molecule has 0 N–H and O–H groups in total. The molecule has 0 unspecified atom stereocenters. The predicted octanol–water partition coefficient (Wildman–Crippen LogP) is 9.29. The number of rotatable bonds is 14. The minimum atomic E-state index is -3.89. The maximum absolute atomic E-state index is 12.9. The molecule has 1 heterocycles. The van der Waals surface area contributed by atoms with Gasteiger partial charge in [-0.25, -0.2) is 0 Å². The first kappa shape index (κ1) is 25.7. The molecule has 0 atom stereocenters. The van der Waals surface area contributed by atoms with Crippen LogP contribution in [0, 0.1) is 0 Å². The van der Waals surface area contributed by atoms with Crippen LogP contribution in [-0.4, -0.2) is 8.42 Å². The summed E-state index contributed by atoms with van der Waals surface area (Å²) in [5.74, 6) is 0.321. The maximum Gasteiger partial charge on any atom is 0.339 e. The summed E-state index contributed by atoms with van der Waals surface area (Å²) in [5.41, 5.74) is 1.32. The van der Waals surface area contributed by atoms with Crippen molar-refractivity contribution in [2.75, 3.05) is 0 Å². The van der Waals surface area contributed by atoms with Gasteiger partial charge in [-0.05, 0) is 60.9 Å². The lowest BCUT2D eigenvalue weighted by Gasteiger charge is -2.07. The third-order valence-electron chi connectivity index (χ3n) is 6.56. The fourth-order valence-electron chi connectivity index (χ4n) is 4.58. The third-order valence-corrected chi connectivity index (χ3v) is 8.96. The molecule has 0 spiro atoms. The monoisotopic (exact) mass is 508 g/mol. The Kier molecular flexibility index (Phi) is 9.22. The molecule has 3 aromatic carbocycles. The van der Waals surface area contributed by atoms with Crippen LogP contribution in [-0.2, 0) is 16.5 Å². The molecule has 0 fully saturated rings. The van der Waals surface area contributed by atoms with E-state index < -0.39 is 10.1 Å². The van der Waals surface area contributed by atoms with E-state index in [2.05, 4.69) is 25.1 Å². The number of unbranched alkanes of at least 4 members (excludes halogenated alkanes) is 9. The van der Waals surface area contributed by atoms with Gasteiger partial charge in [-0.1, -0.05) is 89.0 Å². The molecule has 3 nitrogen and oxygen atoms in total. The molecular formula is C30H36O3S2. The maximum atomic E-state index is 12.9. The molecule has 0 aliphatic heterocycles. The quantitative estimate of drug-likeness (QED) is 0.126. The molecule has 5 heteroatoms. The number of fused-ring (bicyclic) bond motifs is 3. The molecular weight excluding hydrogens is 472 g/mol. The van der Waals surface area contributed by atoms with Gasteiger partial charge in [-0.2, -0.15) is 8.42 Å². The molecule has 0 aliphatic carbocycles. The Morgan fingerprint density at radius 1 is 0.686 bits per heavy atom. The van der Waals surface area contributed by atoms with Crippen molar-refractivity contribution >= 4 is 41.6 Å². The molecule has 0 radical (unpaired) electrons. The van der Waals surface area contributed by atoms with E-state index in [9.17, 15) is 8.42 Å². The van der Waals surface area contributed by atoms with Crippen LogP contribution in [0.1, 0.15) is 76.7 Å². The Bertz CT molecular complexity index is 1320. The summed E-state index contributed by atoms with van der Waals surface area (Å²) in [5, 5.41) is 2.11. The van der Waals surface area contributed by atoms with E-state index in [1.165, 1.54) is 74.5 Å². The fraction of sp³-hybridized carbons (Fsp3) is 0.400. The highest BCUT2D eigenvalue weighted by Gasteiger charge is 2.18. The largest absolute Gasteiger partial charge is 0.379 e. The van der Waals surface area contributed by atoms with Crippen LogP contribution in [0.25, 0.3) is 20.2 Å². The smallest absolute Gasteiger partial charge is 0.339 e. The molecule has 0 bridgehead atoms. The first-order chi connectivity index (χ1) is 17.1. The zero-order chi connectivity index (χ0) is 24.5. The highest BCUT2D eigenvalue weighted by molar-refractivity contribution is 7.87. The minimum absolute atomic E-state index is 0.189. The molecule has 0 amide bonds. The zero-order valence-corrected chi connectivity index (χ0v) is 22.3. The average Bonchev–Trinajstić information content (AvgIpc) is 3.23. The van der Waals surface area contributed by atoms with Crippen molar-refractivity contribution < 1.29 is 12.6 Å². The number of thiophene rings is 1. The van der Waals surface area contributed by atoms with E-state index in [1.54, 1.807) is 47.7 Å². The van der Waals surface area contributed by atoms with Crippen LogP contribution < -0.4 is 4.18 Å². The molecule has 1 aromatic heterocycles. The van der Waals surface area contributed by atoms with Gasteiger partial charge >= 0.3 is 10.1 Å². The number of hydrogen-bond donors (Lipinski definition) is 0. The molecule has 0 saturated carbocycles. The van der Waals surface area contributed by atoms with Crippen molar-refractivity contribution in [3.63, 3.8) is 0 Å². The van der Waals surface area contributed by atoms with E-state index >= 15 is 0 Å². The Balaban J connectivity index is 1.38. The Morgan fingerprint density at radius 3 is 1.97 bits per heavy atom. The van der Waals surface area contributed by atoms with Crippen molar-refractivity contribution in [1.29, 1.82) is 0 Å². The van der Waals surface area contributed by atoms with Gasteiger partial charge in [0.05, 0.1) is 0 Å². The molecule has 0 saturated heterocycles. The van der Waals surface area contributed by atoms with Gasteiger partial charge in [-0.15, -0.1) is 11.3 Å². The summed E-state index contributed by atoms with van der Waals surface area (Å²) >= 11 is 1.70. The average molecular weight is 509 g/mol. The van der Waals surface area contributed by atoms with E-state index in [-0.39, 0.29) is 4.90 Å². The van der Waals surface area contributed by atoms with Crippen LogP contribution in [0.15, 0.2) is 71.6 Å². The summed E-state index contributed by atoms with van der Waals surface area (Å²) < 4.78 is 33.4. The molecule has 186 valence electrons. The van der Waals surface area contributed by atoms with Gasteiger partial charge in [0.2, 0.25) is 0 Å². The second-order valence-electron chi connectivity index (χ2n) is 9.37. The molecule has 0 aliphatic rings. The normalized spacial score (nSPS) is 11.9. The summed E-state index contributed by atoms with van der Waals surface area (Å²) in [6.07, 6.45) is 14.4. The number of hydrogen-bond acceptors (Lipinski definition) is 4. The van der Waals surface area contributed by atoms with Crippen LogP contribution in [0.3, 0.4) is 0 Å². The van der Waals surface area contributed by atoms with Crippen molar-refractivity contribution in [2.24, 2.45) is 0 Å². The molecule has 4 rings (SSSR count). The molecule has 35 heavy (non-hydrogen) atoms. The number of para-hydroxylation sites is 1. The third kappa shape index (κ3) is 7.08. The lowest BCUT2D eigenvalue weighted by molar-refractivity contribution is 0.486. The molecule has 4 aromatic rings. The van der Waals surface area contributed by atoms with Crippen LogP contribution in [0.2, 0.25) is 0 Å². The van der Waals surface area contributed by atoms with E-state index in [0.29, 0.717) is 5.75 Å². The summed E-state index contributed by atoms with van der Waals surface area (Å²) in [7, 11) is -3.89. The first-order valence-electron chi connectivity index (χ1n) is 13.0. The summed E-state index contributed by atoms with van der Waals surface area (Å²) in [6.45, 7) is 2.27. The fourth-order valence-corrected chi connectivity index (χ4v) is 6.61. The second kappa shape index (κ2) is 12.5. The van der Waals surface area contributed by atoms with Crippen molar-refractivity contribution in [3.05, 3.63) is 72.3 Å². The topological polar surface area (TPSA) is 43.4 Å². The number of benzene rings is 3. The van der Waals surface area contributed by atoms with Crippen molar-refractivity contribution in [2.45, 2.75) is 82.4 Å². The van der Waals surface area contributed by atoms with Crippen LogP contribution in [0.4, 0.5) is 0 Å². The summed E-state index contributed by atoms with van der Waals surface area (Å²) in [6, 6.07) is 20.6. The summed E-state index contributed by atoms with van der Waals surface area (Å²) in [4.78, 5) is 0.189. The Hall–Kier alpha value is -2.37. The zero-order valence-electron chi connectivity index (χ0n) is 20.7. The van der Waals surface area contributed by atoms with E-state index in [4.69, 9.17) is 4.18 Å². The van der Waals surface area contributed by atoms with Crippen molar-refractivity contribution in [1.82, 2.24) is 0 Å². The van der Waals surface area contributed by atoms with Gasteiger partial charge in [0.25, 0.3) is 0 Å². The van der Waals surface area contributed by atoms with Gasteiger partial charge < -0.3 is 4.18 Å². The van der Waals surface area contributed by atoms with E-state index in [1.807, 2.05) is 12.1 Å². The van der Waals surface area contributed by atoms with Gasteiger partial charge in [0.15, 0.2) is 0 Å². The first-order valence-corrected chi connectivity index (χ1v) is 15.2. The Morgan fingerprint density at radius 2 is 1.29 bits per heavy atom. The lowest BCUT2D eigenvalue weighted by atomic mass is 10.0. The second-order valence-corrected chi connectivity index (χ2v) is 12.0. The highest BCUT2D eigenvalue weighted by Crippen LogP contribution is 2.36. The van der Waals surface area contributed by atoms with Crippen LogP contribution in [0.5, 0.6) is 5.75 Å². The highest BCUT2D eigenvalue weighted by atomic mass is 32.2. The minimum Gasteiger partial charge on any atom is -0.379 e. The van der Waals surface area contributed by atoms with Crippen LogP contribution >= 0.6 is 11.3 Å². The number of aryl methyl sites for hydroxylation is 1. The SMILES string of the molecule is CCCCCCCCCCCCc1ccc2sc3ccc(S(=O)(=O)Oc4ccccc4)cc3c2c1. The van der Waals surface area contributed by atoms with Gasteiger partial charge in [0.1, 0.15) is 10.6 Å². The Labute approximate surface area is 214 Å². The predicted molar refractivity (Wildman–Crippen MR) is 149 cm³/mol. The van der Waals surface area contributed by atoms with E-state index in [0.717, 1.165) is 21.9 Å². The van der Waals surface area contributed by atoms with Gasteiger partial charge in [-0.3, -0.25) is 0 Å². The van der Waals surface area contributed by atoms with Gasteiger partial charge in [0, 0.05) is 20.2 Å². The standard InChI is InChI=1S/C30H36O3S2/c1-2-3-4-5-6-7-8-9-10-12-15-24-18-20-29-27(22-24)28-23-26(19-21-30(28)34-29)35(31,32)33-25-16-13-11-14-17-25/h11,13-14,16-23H,2-10,12,15H2,1H3. The van der Waals surface area contributed by atoms with Crippen molar-refractivity contribution in [3.8, 4) is 5.75 Å².